The second-order valence-electron chi connectivity index (χ2n) is 3.71. The quantitative estimate of drug-likeness (QED) is 0.862. The first-order valence-electron chi connectivity index (χ1n) is 5.24. The molecule has 0 atom stereocenters. The van der Waals surface area contributed by atoms with E-state index in [0.29, 0.717) is 5.69 Å². The molecule has 7 heteroatoms. The van der Waals surface area contributed by atoms with Gasteiger partial charge in [0, 0.05) is 5.69 Å². The van der Waals surface area contributed by atoms with E-state index in [0.717, 1.165) is 12.1 Å². The van der Waals surface area contributed by atoms with Gasteiger partial charge in [0.15, 0.2) is 11.6 Å². The Kier molecular flexibility index (Phi) is 3.71. The van der Waals surface area contributed by atoms with Crippen molar-refractivity contribution in [1.82, 2.24) is 9.97 Å². The summed E-state index contributed by atoms with van der Waals surface area (Å²) in [6.45, 7) is 1.66. The Labute approximate surface area is 112 Å². The van der Waals surface area contributed by atoms with E-state index in [1.807, 2.05) is 0 Å². The number of amides is 1. The van der Waals surface area contributed by atoms with E-state index in [2.05, 4.69) is 15.3 Å². The van der Waals surface area contributed by atoms with Gasteiger partial charge in [0.25, 0.3) is 5.91 Å². The van der Waals surface area contributed by atoms with Crippen molar-refractivity contribution in [3.8, 4) is 0 Å². The highest BCUT2D eigenvalue weighted by Gasteiger charge is 2.16. The minimum Gasteiger partial charge on any atom is -0.290 e. The van der Waals surface area contributed by atoms with Crippen molar-refractivity contribution in [2.45, 2.75) is 6.92 Å². The third kappa shape index (κ3) is 3.03. The number of benzene rings is 1. The summed E-state index contributed by atoms with van der Waals surface area (Å²) in [5, 5.41) is 2.40. The lowest BCUT2D eigenvalue weighted by atomic mass is 10.2. The Bertz CT molecular complexity index is 629. The van der Waals surface area contributed by atoms with Gasteiger partial charge in [-0.15, -0.1) is 0 Å². The number of rotatable bonds is 2. The number of carbonyl (C=O) groups is 1. The van der Waals surface area contributed by atoms with Crippen LogP contribution >= 0.6 is 11.6 Å². The second kappa shape index (κ2) is 5.27. The summed E-state index contributed by atoms with van der Waals surface area (Å²) in [6, 6.07) is 4.81. The lowest BCUT2D eigenvalue weighted by Crippen LogP contribution is -2.16. The molecule has 0 saturated heterocycles. The maximum atomic E-state index is 13.4. The SMILES string of the molecule is Cc1cc(Cl)nc(NC(=O)c2cccc(F)c2F)n1. The topological polar surface area (TPSA) is 54.9 Å². The van der Waals surface area contributed by atoms with E-state index < -0.39 is 23.1 Å². The van der Waals surface area contributed by atoms with E-state index in [-0.39, 0.29) is 11.1 Å². The fourth-order valence-corrected chi connectivity index (χ4v) is 1.67. The first-order valence-corrected chi connectivity index (χ1v) is 5.61. The van der Waals surface area contributed by atoms with Crippen molar-refractivity contribution in [2.75, 3.05) is 5.32 Å². The molecule has 1 aromatic heterocycles. The molecule has 1 heterocycles. The standard InChI is InChI=1S/C12H8ClF2N3O/c1-6-5-9(13)17-12(16-6)18-11(19)7-3-2-4-8(14)10(7)15/h2-5H,1H3,(H,16,17,18,19). The first kappa shape index (κ1) is 13.4. The molecule has 98 valence electrons. The molecule has 4 nitrogen and oxygen atoms in total. The van der Waals surface area contributed by atoms with Gasteiger partial charge in [-0.05, 0) is 25.1 Å². The van der Waals surface area contributed by atoms with Crippen molar-refractivity contribution >= 4 is 23.5 Å². The van der Waals surface area contributed by atoms with Crippen molar-refractivity contribution in [3.05, 3.63) is 52.3 Å². The molecule has 0 saturated carbocycles. The molecule has 2 aromatic rings. The summed E-state index contributed by atoms with van der Waals surface area (Å²) in [6.07, 6.45) is 0. The molecular formula is C12H8ClF2N3O. The molecule has 1 aromatic carbocycles. The summed E-state index contributed by atoms with van der Waals surface area (Å²) in [5.74, 6) is -3.24. The van der Waals surface area contributed by atoms with Gasteiger partial charge in [-0.25, -0.2) is 18.7 Å². The maximum absolute atomic E-state index is 13.4. The molecule has 19 heavy (non-hydrogen) atoms. The highest BCUT2D eigenvalue weighted by atomic mass is 35.5. The lowest BCUT2D eigenvalue weighted by molar-refractivity contribution is 0.102. The summed E-state index contributed by atoms with van der Waals surface area (Å²) in [5.41, 5.74) is 0.108. The summed E-state index contributed by atoms with van der Waals surface area (Å²) in [7, 11) is 0. The normalized spacial score (nSPS) is 10.3. The molecule has 1 amide bonds. The van der Waals surface area contributed by atoms with Crippen LogP contribution in [0.15, 0.2) is 24.3 Å². The molecule has 0 unspecified atom stereocenters. The van der Waals surface area contributed by atoms with Crippen LogP contribution in [0, 0.1) is 18.6 Å². The Morgan fingerprint density at radius 2 is 2.05 bits per heavy atom. The largest absolute Gasteiger partial charge is 0.290 e. The Balaban J connectivity index is 2.28. The van der Waals surface area contributed by atoms with Gasteiger partial charge in [0.2, 0.25) is 5.95 Å². The van der Waals surface area contributed by atoms with Crippen molar-refractivity contribution in [3.63, 3.8) is 0 Å². The van der Waals surface area contributed by atoms with Crippen molar-refractivity contribution in [2.24, 2.45) is 0 Å². The van der Waals surface area contributed by atoms with Crippen LogP contribution in [0.1, 0.15) is 16.1 Å². The van der Waals surface area contributed by atoms with Gasteiger partial charge in [-0.1, -0.05) is 17.7 Å². The van der Waals surface area contributed by atoms with Gasteiger partial charge in [0.05, 0.1) is 5.56 Å². The zero-order valence-corrected chi connectivity index (χ0v) is 10.5. The summed E-state index contributed by atoms with van der Waals surface area (Å²) < 4.78 is 26.4. The van der Waals surface area contributed by atoms with E-state index in [1.54, 1.807) is 6.92 Å². The Morgan fingerprint density at radius 3 is 2.74 bits per heavy atom. The lowest BCUT2D eigenvalue weighted by Gasteiger charge is -2.06. The summed E-state index contributed by atoms with van der Waals surface area (Å²) >= 11 is 5.70. The monoisotopic (exact) mass is 283 g/mol. The van der Waals surface area contributed by atoms with Gasteiger partial charge >= 0.3 is 0 Å². The molecule has 0 aliphatic heterocycles. The number of carbonyl (C=O) groups excluding carboxylic acids is 1. The molecule has 0 aliphatic carbocycles. The average molecular weight is 284 g/mol. The minimum atomic E-state index is -1.22. The fraction of sp³-hybridized carbons (Fsp3) is 0.0833. The van der Waals surface area contributed by atoms with Gasteiger partial charge in [-0.2, -0.15) is 0 Å². The zero-order valence-electron chi connectivity index (χ0n) is 9.75. The highest BCUT2D eigenvalue weighted by Crippen LogP contribution is 2.14. The Morgan fingerprint density at radius 1 is 1.32 bits per heavy atom. The minimum absolute atomic E-state index is 0.0707. The van der Waals surface area contributed by atoms with E-state index in [1.165, 1.54) is 12.1 Å². The number of anilines is 1. The molecule has 0 spiro atoms. The fourth-order valence-electron chi connectivity index (χ4n) is 1.43. The second-order valence-corrected chi connectivity index (χ2v) is 4.10. The van der Waals surface area contributed by atoms with Gasteiger partial charge < -0.3 is 0 Å². The van der Waals surface area contributed by atoms with E-state index >= 15 is 0 Å². The van der Waals surface area contributed by atoms with Crippen molar-refractivity contribution in [1.29, 1.82) is 0 Å². The first-order chi connectivity index (χ1) is 8.97. The summed E-state index contributed by atoms with van der Waals surface area (Å²) in [4.78, 5) is 19.4. The molecule has 2 rings (SSSR count). The number of nitrogens with zero attached hydrogens (tertiary/aromatic N) is 2. The van der Waals surface area contributed by atoms with E-state index in [4.69, 9.17) is 11.6 Å². The van der Waals surface area contributed by atoms with Crippen LogP contribution < -0.4 is 5.32 Å². The van der Waals surface area contributed by atoms with Gasteiger partial charge in [0.1, 0.15) is 5.15 Å². The third-order valence-corrected chi connectivity index (χ3v) is 2.44. The van der Waals surface area contributed by atoms with Crippen LogP contribution in [0.3, 0.4) is 0 Å². The molecule has 0 aliphatic rings. The van der Waals surface area contributed by atoms with Crippen LogP contribution in [0.5, 0.6) is 0 Å². The predicted molar refractivity (Wildman–Crippen MR) is 66.1 cm³/mol. The third-order valence-electron chi connectivity index (χ3n) is 2.24. The molecule has 1 N–H and O–H groups in total. The number of hydrogen-bond acceptors (Lipinski definition) is 3. The van der Waals surface area contributed by atoms with Crippen molar-refractivity contribution < 1.29 is 13.6 Å². The molecule has 0 radical (unpaired) electrons. The number of nitrogens with one attached hydrogen (secondary N) is 1. The highest BCUT2D eigenvalue weighted by molar-refractivity contribution is 6.29. The van der Waals surface area contributed by atoms with Crippen LogP contribution in [0.25, 0.3) is 0 Å². The predicted octanol–water partition coefficient (Wildman–Crippen LogP) is 2.97. The van der Waals surface area contributed by atoms with Crippen LogP contribution in [-0.4, -0.2) is 15.9 Å². The molecular weight excluding hydrogens is 276 g/mol. The number of aromatic nitrogens is 2. The van der Waals surface area contributed by atoms with Crippen LogP contribution in [0.2, 0.25) is 5.15 Å². The maximum Gasteiger partial charge on any atom is 0.261 e. The number of halogens is 3. The number of aryl methyl sites for hydroxylation is 1. The van der Waals surface area contributed by atoms with E-state index in [9.17, 15) is 13.6 Å². The van der Waals surface area contributed by atoms with Crippen LogP contribution in [-0.2, 0) is 0 Å². The van der Waals surface area contributed by atoms with Gasteiger partial charge in [-0.3, -0.25) is 10.1 Å². The number of hydrogen-bond donors (Lipinski definition) is 1. The molecule has 0 fully saturated rings. The van der Waals surface area contributed by atoms with Crippen LogP contribution in [0.4, 0.5) is 14.7 Å². The average Bonchev–Trinajstić information content (AvgIpc) is 2.31. The smallest absolute Gasteiger partial charge is 0.261 e. The molecule has 0 bridgehead atoms. The Hall–Kier alpha value is -2.08. The zero-order chi connectivity index (χ0) is 14.0.